The van der Waals surface area contributed by atoms with Gasteiger partial charge in [-0.25, -0.2) is 0 Å². The van der Waals surface area contributed by atoms with Crippen molar-refractivity contribution in [2.24, 2.45) is 5.41 Å². The van der Waals surface area contributed by atoms with E-state index in [2.05, 4.69) is 5.32 Å². The zero-order valence-electron chi connectivity index (χ0n) is 14.0. The Morgan fingerprint density at radius 1 is 1.18 bits per heavy atom. The van der Waals surface area contributed by atoms with Crippen molar-refractivity contribution in [2.45, 2.75) is 82.3 Å². The first kappa shape index (κ1) is 16.3. The lowest BCUT2D eigenvalue weighted by Crippen LogP contribution is -2.54. The highest BCUT2D eigenvalue weighted by Gasteiger charge is 2.45. The minimum absolute atomic E-state index is 0.0632. The summed E-state index contributed by atoms with van der Waals surface area (Å²) in [4.78, 5) is 12.8. The maximum absolute atomic E-state index is 12.8. The molecule has 1 aliphatic heterocycles. The third kappa shape index (κ3) is 3.33. The van der Waals surface area contributed by atoms with Crippen LogP contribution in [0, 0.1) is 5.41 Å². The fraction of sp³-hybridized carbons (Fsp3) is 0.944. The van der Waals surface area contributed by atoms with Gasteiger partial charge in [-0.2, -0.15) is 0 Å². The predicted octanol–water partition coefficient (Wildman–Crippen LogP) is 3.19. The number of ether oxygens (including phenoxy) is 2. The molecule has 0 bridgehead atoms. The van der Waals surface area contributed by atoms with Crippen LogP contribution in [0.1, 0.15) is 70.6 Å². The monoisotopic (exact) mass is 309 g/mol. The van der Waals surface area contributed by atoms with Crippen molar-refractivity contribution in [1.82, 2.24) is 5.32 Å². The van der Waals surface area contributed by atoms with Crippen molar-refractivity contribution >= 4 is 5.91 Å². The average Bonchev–Trinajstić information content (AvgIpc) is 2.47. The van der Waals surface area contributed by atoms with Gasteiger partial charge in [-0.1, -0.05) is 25.7 Å². The molecule has 3 aliphatic rings. The summed E-state index contributed by atoms with van der Waals surface area (Å²) in [6, 6.07) is 0.305. The average molecular weight is 309 g/mol. The number of hydrogen-bond acceptors (Lipinski definition) is 3. The van der Waals surface area contributed by atoms with Gasteiger partial charge in [0.25, 0.3) is 0 Å². The lowest BCUT2D eigenvalue weighted by Gasteiger charge is -2.46. The van der Waals surface area contributed by atoms with E-state index < -0.39 is 0 Å². The molecular weight excluding hydrogens is 278 g/mol. The fourth-order valence-corrected chi connectivity index (χ4v) is 4.53. The van der Waals surface area contributed by atoms with Crippen LogP contribution in [0.4, 0.5) is 0 Å². The van der Waals surface area contributed by atoms with Crippen molar-refractivity contribution in [1.29, 1.82) is 0 Å². The molecule has 0 aromatic carbocycles. The van der Waals surface area contributed by atoms with E-state index in [0.29, 0.717) is 12.6 Å². The molecule has 2 aliphatic carbocycles. The number of hydrogen-bond donors (Lipinski definition) is 1. The molecule has 0 aromatic heterocycles. The number of nitrogens with one attached hydrogen (secondary N) is 1. The summed E-state index contributed by atoms with van der Waals surface area (Å²) >= 11 is 0. The standard InChI is InChI=1S/C18H31NO3/c1-21-13-11-17(7-5-8-17)16(20)19-15-6-12-22-18(14-15)9-3-2-4-10-18/h15H,2-14H2,1H3,(H,19,20)/t15-/m1/s1. The van der Waals surface area contributed by atoms with Gasteiger partial charge in [-0.05, 0) is 44.9 Å². The highest BCUT2D eigenvalue weighted by atomic mass is 16.5. The van der Waals surface area contributed by atoms with Gasteiger partial charge >= 0.3 is 0 Å². The number of methoxy groups -OCH3 is 1. The highest BCUT2D eigenvalue weighted by Crippen LogP contribution is 2.45. The van der Waals surface area contributed by atoms with Crippen molar-refractivity contribution in [3.8, 4) is 0 Å². The number of rotatable bonds is 5. The summed E-state index contributed by atoms with van der Waals surface area (Å²) in [7, 11) is 1.72. The summed E-state index contributed by atoms with van der Waals surface area (Å²) in [5, 5.41) is 3.37. The van der Waals surface area contributed by atoms with E-state index in [1.165, 1.54) is 38.5 Å². The molecular formula is C18H31NO3. The summed E-state index contributed by atoms with van der Waals surface area (Å²) in [6.07, 6.45) is 12.3. The van der Waals surface area contributed by atoms with Crippen LogP contribution in [0.2, 0.25) is 0 Å². The van der Waals surface area contributed by atoms with Gasteiger partial charge in [0.15, 0.2) is 0 Å². The fourth-order valence-electron chi connectivity index (χ4n) is 4.53. The van der Waals surface area contributed by atoms with Crippen LogP contribution >= 0.6 is 0 Å². The molecule has 0 aromatic rings. The van der Waals surface area contributed by atoms with Crippen LogP contribution in [-0.2, 0) is 14.3 Å². The van der Waals surface area contributed by atoms with Crippen molar-refractivity contribution in [2.75, 3.05) is 20.3 Å². The summed E-state index contributed by atoms with van der Waals surface area (Å²) in [6.45, 7) is 1.49. The molecule has 1 heterocycles. The van der Waals surface area contributed by atoms with Gasteiger partial charge in [0.05, 0.1) is 11.0 Å². The van der Waals surface area contributed by atoms with Crippen LogP contribution in [0.3, 0.4) is 0 Å². The second-order valence-corrected chi connectivity index (χ2v) is 7.63. The Morgan fingerprint density at radius 2 is 1.95 bits per heavy atom. The van der Waals surface area contributed by atoms with E-state index in [1.54, 1.807) is 7.11 Å². The molecule has 4 nitrogen and oxygen atoms in total. The summed E-state index contributed by atoms with van der Waals surface area (Å²) < 4.78 is 11.3. The van der Waals surface area contributed by atoms with Crippen LogP contribution < -0.4 is 5.32 Å². The van der Waals surface area contributed by atoms with E-state index in [1.807, 2.05) is 0 Å². The zero-order chi connectivity index (χ0) is 15.5. The van der Waals surface area contributed by atoms with E-state index in [-0.39, 0.29) is 16.9 Å². The van der Waals surface area contributed by atoms with Gasteiger partial charge in [-0.3, -0.25) is 4.79 Å². The largest absolute Gasteiger partial charge is 0.385 e. The van der Waals surface area contributed by atoms with E-state index >= 15 is 0 Å². The third-order valence-corrected chi connectivity index (χ3v) is 6.17. The Labute approximate surface area is 134 Å². The Bertz CT molecular complexity index is 380. The maximum atomic E-state index is 12.8. The molecule has 1 spiro atoms. The Kier molecular flexibility index (Phi) is 5.08. The molecule has 3 fully saturated rings. The first-order chi connectivity index (χ1) is 10.7. The van der Waals surface area contributed by atoms with Crippen molar-refractivity contribution in [3.05, 3.63) is 0 Å². The molecule has 22 heavy (non-hydrogen) atoms. The second-order valence-electron chi connectivity index (χ2n) is 7.63. The summed E-state index contributed by atoms with van der Waals surface area (Å²) in [5.41, 5.74) is -0.0816. The molecule has 0 unspecified atom stereocenters. The van der Waals surface area contributed by atoms with Crippen LogP contribution in [0.5, 0.6) is 0 Å². The number of carbonyl (C=O) groups excluding carboxylic acids is 1. The first-order valence-corrected chi connectivity index (χ1v) is 9.12. The lowest BCUT2D eigenvalue weighted by molar-refractivity contribution is -0.142. The van der Waals surface area contributed by atoms with E-state index in [0.717, 1.165) is 38.7 Å². The number of amides is 1. The molecule has 0 radical (unpaired) electrons. The molecule has 1 N–H and O–H groups in total. The maximum Gasteiger partial charge on any atom is 0.226 e. The number of carbonyl (C=O) groups is 1. The molecule has 1 saturated heterocycles. The van der Waals surface area contributed by atoms with E-state index in [9.17, 15) is 4.79 Å². The molecule has 2 saturated carbocycles. The van der Waals surface area contributed by atoms with E-state index in [4.69, 9.17) is 9.47 Å². The molecule has 3 rings (SSSR count). The highest BCUT2D eigenvalue weighted by molar-refractivity contribution is 5.83. The van der Waals surface area contributed by atoms with Gasteiger partial charge < -0.3 is 14.8 Å². The third-order valence-electron chi connectivity index (χ3n) is 6.17. The van der Waals surface area contributed by atoms with Crippen molar-refractivity contribution < 1.29 is 14.3 Å². The normalized spacial score (nSPS) is 29.8. The smallest absolute Gasteiger partial charge is 0.226 e. The molecule has 4 heteroatoms. The Morgan fingerprint density at radius 3 is 2.59 bits per heavy atom. The quantitative estimate of drug-likeness (QED) is 0.848. The van der Waals surface area contributed by atoms with Gasteiger partial charge in [0, 0.05) is 26.4 Å². The van der Waals surface area contributed by atoms with Crippen LogP contribution in [0.25, 0.3) is 0 Å². The topological polar surface area (TPSA) is 47.6 Å². The lowest BCUT2D eigenvalue weighted by atomic mass is 9.66. The SMILES string of the molecule is COCCC1(C(=O)N[C@@H]2CCOC3(CCCCC3)C2)CCC1. The van der Waals surface area contributed by atoms with Crippen molar-refractivity contribution in [3.63, 3.8) is 0 Å². The Hall–Kier alpha value is -0.610. The predicted molar refractivity (Wildman–Crippen MR) is 85.7 cm³/mol. The minimum Gasteiger partial charge on any atom is -0.385 e. The van der Waals surface area contributed by atoms with Crippen LogP contribution in [-0.4, -0.2) is 37.9 Å². The van der Waals surface area contributed by atoms with Gasteiger partial charge in [-0.15, -0.1) is 0 Å². The molecule has 1 amide bonds. The van der Waals surface area contributed by atoms with Crippen LogP contribution in [0.15, 0.2) is 0 Å². The van der Waals surface area contributed by atoms with Gasteiger partial charge in [0.2, 0.25) is 5.91 Å². The first-order valence-electron chi connectivity index (χ1n) is 9.12. The molecule has 1 atom stereocenters. The van der Waals surface area contributed by atoms with Gasteiger partial charge in [0.1, 0.15) is 0 Å². The summed E-state index contributed by atoms with van der Waals surface area (Å²) in [5.74, 6) is 0.272. The zero-order valence-corrected chi connectivity index (χ0v) is 14.0. The second kappa shape index (κ2) is 6.88. The Balaban J connectivity index is 1.56. The minimum atomic E-state index is -0.145. The molecule has 126 valence electrons.